The van der Waals surface area contributed by atoms with E-state index in [0.29, 0.717) is 17.9 Å². The highest BCUT2D eigenvalue weighted by molar-refractivity contribution is 5.40. The second kappa shape index (κ2) is 5.85. The number of ether oxygens (including phenoxy) is 1. The maximum absolute atomic E-state index is 13.9. The Morgan fingerprint density at radius 3 is 2.56 bits per heavy atom. The van der Waals surface area contributed by atoms with Gasteiger partial charge in [-0.05, 0) is 43.0 Å². The van der Waals surface area contributed by atoms with Crippen molar-refractivity contribution in [3.63, 3.8) is 0 Å². The number of hydrogen-bond acceptors (Lipinski definition) is 2. The van der Waals surface area contributed by atoms with Gasteiger partial charge in [-0.15, -0.1) is 0 Å². The number of methoxy groups -OCH3 is 1. The van der Waals surface area contributed by atoms with Gasteiger partial charge < -0.3 is 10.5 Å². The summed E-state index contributed by atoms with van der Waals surface area (Å²) in [7, 11) is 1.58. The maximum Gasteiger partial charge on any atom is 0.130 e. The molecule has 0 spiro atoms. The van der Waals surface area contributed by atoms with Gasteiger partial charge in [-0.2, -0.15) is 0 Å². The van der Waals surface area contributed by atoms with Crippen LogP contribution in [0.25, 0.3) is 0 Å². The second-order valence-electron chi connectivity index (χ2n) is 4.24. The molecule has 3 heteroatoms. The second-order valence-corrected chi connectivity index (χ2v) is 4.24. The van der Waals surface area contributed by atoms with Gasteiger partial charge in [0.1, 0.15) is 11.6 Å². The van der Waals surface area contributed by atoms with Crippen LogP contribution in [-0.4, -0.2) is 13.7 Å². The van der Waals surface area contributed by atoms with Crippen LogP contribution >= 0.6 is 0 Å². The van der Waals surface area contributed by atoms with Crippen molar-refractivity contribution >= 4 is 0 Å². The number of aryl methyl sites for hydroxylation is 1. The Bertz CT molecular complexity index is 350. The van der Waals surface area contributed by atoms with Crippen molar-refractivity contribution in [1.82, 2.24) is 0 Å². The maximum atomic E-state index is 13.9. The first-order chi connectivity index (χ1) is 7.60. The lowest BCUT2D eigenvalue weighted by Crippen LogP contribution is -2.03. The third-order valence-corrected chi connectivity index (χ3v) is 2.62. The molecule has 1 aromatic carbocycles. The van der Waals surface area contributed by atoms with E-state index in [1.807, 2.05) is 19.9 Å². The molecule has 0 saturated carbocycles. The molecule has 0 aromatic heterocycles. The Balaban J connectivity index is 3.06. The molecule has 0 aliphatic heterocycles. The molecule has 2 nitrogen and oxygen atoms in total. The van der Waals surface area contributed by atoms with Gasteiger partial charge in [0.25, 0.3) is 0 Å². The summed E-state index contributed by atoms with van der Waals surface area (Å²) in [6.07, 6.45) is 1.66. The Kier molecular flexibility index (Phi) is 4.74. The van der Waals surface area contributed by atoms with E-state index < -0.39 is 0 Å². The number of nitrogens with two attached hydrogens (primary N) is 1. The first kappa shape index (κ1) is 13.0. The topological polar surface area (TPSA) is 35.2 Å². The van der Waals surface area contributed by atoms with Gasteiger partial charge in [0.15, 0.2) is 0 Å². The van der Waals surface area contributed by atoms with Gasteiger partial charge >= 0.3 is 0 Å². The summed E-state index contributed by atoms with van der Waals surface area (Å²) in [5.41, 5.74) is 7.04. The van der Waals surface area contributed by atoms with E-state index in [2.05, 4.69) is 0 Å². The predicted octanol–water partition coefficient (Wildman–Crippen LogP) is 2.85. The number of benzene rings is 1. The lowest BCUT2D eigenvalue weighted by Gasteiger charge is -2.14. The monoisotopic (exact) mass is 225 g/mol. The highest BCUT2D eigenvalue weighted by Gasteiger charge is 2.14. The largest absolute Gasteiger partial charge is 0.496 e. The molecule has 0 aliphatic rings. The fourth-order valence-corrected chi connectivity index (χ4v) is 1.83. The third kappa shape index (κ3) is 2.95. The van der Waals surface area contributed by atoms with Gasteiger partial charge in [-0.25, -0.2) is 4.39 Å². The van der Waals surface area contributed by atoms with Crippen LogP contribution in [0.4, 0.5) is 4.39 Å². The van der Waals surface area contributed by atoms with Crippen LogP contribution in [0.5, 0.6) is 5.75 Å². The molecule has 1 aromatic rings. The molecule has 0 atom stereocenters. The van der Waals surface area contributed by atoms with Crippen LogP contribution in [0.15, 0.2) is 12.1 Å². The summed E-state index contributed by atoms with van der Waals surface area (Å²) in [5, 5.41) is 0. The molecule has 0 radical (unpaired) electrons. The fourth-order valence-electron chi connectivity index (χ4n) is 1.83. The summed E-state index contributed by atoms with van der Waals surface area (Å²) in [6.45, 7) is 4.54. The highest BCUT2D eigenvalue weighted by Crippen LogP contribution is 2.30. The summed E-state index contributed by atoms with van der Waals surface area (Å²) >= 11 is 0. The zero-order valence-electron chi connectivity index (χ0n) is 10.2. The van der Waals surface area contributed by atoms with Crippen molar-refractivity contribution in [3.8, 4) is 5.75 Å². The normalized spacial score (nSPS) is 10.9. The molecule has 0 amide bonds. The van der Waals surface area contributed by atoms with Crippen LogP contribution in [0.1, 0.15) is 37.3 Å². The smallest absolute Gasteiger partial charge is 0.130 e. The Morgan fingerprint density at radius 2 is 2.06 bits per heavy atom. The van der Waals surface area contributed by atoms with E-state index in [9.17, 15) is 4.39 Å². The van der Waals surface area contributed by atoms with Gasteiger partial charge in [-0.1, -0.05) is 13.8 Å². The summed E-state index contributed by atoms with van der Waals surface area (Å²) < 4.78 is 19.1. The lowest BCUT2D eigenvalue weighted by atomic mass is 9.98. The van der Waals surface area contributed by atoms with Gasteiger partial charge in [0.2, 0.25) is 0 Å². The van der Waals surface area contributed by atoms with E-state index in [1.165, 1.54) is 0 Å². The van der Waals surface area contributed by atoms with E-state index >= 15 is 0 Å². The van der Waals surface area contributed by atoms with Crippen LogP contribution in [-0.2, 0) is 6.42 Å². The molecule has 1 rings (SSSR count). The van der Waals surface area contributed by atoms with Crippen LogP contribution in [0, 0.1) is 5.82 Å². The average Bonchev–Trinajstić information content (AvgIpc) is 2.24. The number of halogens is 1. The quantitative estimate of drug-likeness (QED) is 0.836. The molecular formula is C13H20FNO. The minimum absolute atomic E-state index is 0.124. The van der Waals surface area contributed by atoms with E-state index in [1.54, 1.807) is 13.2 Å². The molecule has 0 aliphatic carbocycles. The summed E-state index contributed by atoms with van der Waals surface area (Å²) in [4.78, 5) is 0. The van der Waals surface area contributed by atoms with Crippen molar-refractivity contribution in [1.29, 1.82) is 0 Å². The van der Waals surface area contributed by atoms with E-state index in [0.717, 1.165) is 18.4 Å². The molecular weight excluding hydrogens is 205 g/mol. The Hall–Kier alpha value is -1.09. The van der Waals surface area contributed by atoms with Crippen molar-refractivity contribution in [3.05, 3.63) is 29.1 Å². The van der Waals surface area contributed by atoms with E-state index in [-0.39, 0.29) is 11.7 Å². The van der Waals surface area contributed by atoms with Crippen molar-refractivity contribution in [2.45, 2.75) is 32.6 Å². The first-order valence-corrected chi connectivity index (χ1v) is 5.66. The summed E-state index contributed by atoms with van der Waals surface area (Å²) in [6, 6.07) is 3.50. The highest BCUT2D eigenvalue weighted by atomic mass is 19.1. The zero-order valence-corrected chi connectivity index (χ0v) is 10.2. The predicted molar refractivity (Wildman–Crippen MR) is 64.4 cm³/mol. The fraction of sp³-hybridized carbons (Fsp3) is 0.538. The molecule has 2 N–H and O–H groups in total. The molecule has 0 heterocycles. The lowest BCUT2D eigenvalue weighted by molar-refractivity contribution is 0.400. The zero-order chi connectivity index (χ0) is 12.1. The Morgan fingerprint density at radius 1 is 1.38 bits per heavy atom. The Labute approximate surface area is 96.6 Å². The van der Waals surface area contributed by atoms with Gasteiger partial charge in [-0.3, -0.25) is 0 Å². The molecule has 90 valence electrons. The first-order valence-electron chi connectivity index (χ1n) is 5.66. The summed E-state index contributed by atoms with van der Waals surface area (Å²) in [5.74, 6) is 0.585. The van der Waals surface area contributed by atoms with Crippen molar-refractivity contribution in [2.75, 3.05) is 13.7 Å². The number of hydrogen-bond donors (Lipinski definition) is 1. The minimum atomic E-state index is -0.179. The van der Waals surface area contributed by atoms with Crippen LogP contribution < -0.4 is 10.5 Å². The molecule has 0 unspecified atom stereocenters. The standard InChI is InChI=1S/C13H20FNO/c1-9(2)13-11(14)7-10(5-4-6-15)8-12(13)16-3/h7-9H,4-6,15H2,1-3H3. The SMILES string of the molecule is COc1cc(CCCN)cc(F)c1C(C)C. The van der Waals surface area contributed by atoms with Gasteiger partial charge in [0.05, 0.1) is 7.11 Å². The molecule has 0 saturated heterocycles. The third-order valence-electron chi connectivity index (χ3n) is 2.62. The van der Waals surface area contributed by atoms with Crippen LogP contribution in [0.2, 0.25) is 0 Å². The van der Waals surface area contributed by atoms with Crippen molar-refractivity contribution in [2.24, 2.45) is 5.73 Å². The van der Waals surface area contributed by atoms with Crippen LogP contribution in [0.3, 0.4) is 0 Å². The molecule has 16 heavy (non-hydrogen) atoms. The minimum Gasteiger partial charge on any atom is -0.496 e. The molecule has 0 fully saturated rings. The number of rotatable bonds is 5. The average molecular weight is 225 g/mol. The van der Waals surface area contributed by atoms with E-state index in [4.69, 9.17) is 10.5 Å². The van der Waals surface area contributed by atoms with Gasteiger partial charge in [0, 0.05) is 5.56 Å². The van der Waals surface area contributed by atoms with Crippen molar-refractivity contribution < 1.29 is 9.13 Å². The molecule has 0 bridgehead atoms.